The third-order valence-corrected chi connectivity index (χ3v) is 12.0. The number of amidine groups is 2. The van der Waals surface area contributed by atoms with Gasteiger partial charge in [0.25, 0.3) is 0 Å². The monoisotopic (exact) mass is 767 g/mol. The number of nitrogens with one attached hydrogen (secondary N) is 1. The van der Waals surface area contributed by atoms with E-state index >= 15 is 0 Å². The van der Waals surface area contributed by atoms with Crippen LogP contribution in [0.15, 0.2) is 222 Å². The number of hydrogen-bond acceptors (Lipinski definition) is 3. The van der Waals surface area contributed by atoms with Crippen LogP contribution in [0.5, 0.6) is 0 Å². The summed E-state index contributed by atoms with van der Waals surface area (Å²) in [6.07, 6.45) is -0.307. The fourth-order valence-corrected chi connectivity index (χ4v) is 9.39. The van der Waals surface area contributed by atoms with Gasteiger partial charge in [0.05, 0.1) is 27.8 Å². The van der Waals surface area contributed by atoms with Gasteiger partial charge in [0.1, 0.15) is 12.0 Å². The molecule has 1 atom stereocenters. The molecule has 12 rings (SSSR count). The molecule has 3 heterocycles. The first-order valence-electron chi connectivity index (χ1n) is 20.5. The number of para-hydroxylation sites is 4. The Morgan fingerprint density at radius 1 is 0.433 bits per heavy atom. The van der Waals surface area contributed by atoms with Crippen molar-refractivity contribution in [2.24, 2.45) is 9.98 Å². The summed E-state index contributed by atoms with van der Waals surface area (Å²) in [4.78, 5) is 10.6. The van der Waals surface area contributed by atoms with Gasteiger partial charge in [0, 0.05) is 43.9 Å². The van der Waals surface area contributed by atoms with Crippen molar-refractivity contribution in [1.82, 2.24) is 14.5 Å². The zero-order valence-corrected chi connectivity index (χ0v) is 32.6. The lowest BCUT2D eigenvalue weighted by Gasteiger charge is -2.24. The summed E-state index contributed by atoms with van der Waals surface area (Å²) < 4.78 is 4.84. The predicted octanol–water partition coefficient (Wildman–Crippen LogP) is 13.2. The molecule has 1 N–H and O–H groups in total. The first-order chi connectivity index (χ1) is 29.8. The minimum Gasteiger partial charge on any atom is -0.344 e. The smallest absolute Gasteiger partial charge is 0.161 e. The molecule has 282 valence electrons. The average Bonchev–Trinajstić information content (AvgIpc) is 3.84. The van der Waals surface area contributed by atoms with E-state index in [1.54, 1.807) is 0 Å². The topological polar surface area (TPSA) is 46.6 Å². The van der Waals surface area contributed by atoms with Crippen LogP contribution < -0.4 is 5.32 Å². The molecule has 5 nitrogen and oxygen atoms in total. The maximum atomic E-state index is 5.32. The maximum absolute atomic E-state index is 5.32. The first kappa shape index (κ1) is 34.1. The molecule has 11 aromatic rings. The van der Waals surface area contributed by atoms with Crippen LogP contribution in [-0.4, -0.2) is 20.8 Å². The van der Waals surface area contributed by atoms with Crippen LogP contribution in [0.1, 0.15) is 22.9 Å². The van der Waals surface area contributed by atoms with Crippen LogP contribution in [0.2, 0.25) is 0 Å². The van der Waals surface area contributed by atoms with E-state index in [1.807, 2.05) is 12.1 Å². The summed E-state index contributed by atoms with van der Waals surface area (Å²) in [5.41, 5.74) is 12.3. The van der Waals surface area contributed by atoms with Crippen LogP contribution in [0.3, 0.4) is 0 Å². The van der Waals surface area contributed by atoms with E-state index < -0.39 is 0 Å². The van der Waals surface area contributed by atoms with Crippen LogP contribution in [0.25, 0.3) is 76.9 Å². The molecule has 0 saturated carbocycles. The Morgan fingerprint density at radius 2 is 1.02 bits per heavy atom. The van der Waals surface area contributed by atoms with E-state index in [0.717, 1.165) is 44.9 Å². The summed E-state index contributed by atoms with van der Waals surface area (Å²) in [6.45, 7) is 0. The van der Waals surface area contributed by atoms with E-state index in [4.69, 9.17) is 9.98 Å². The number of aromatic nitrogens is 2. The summed E-state index contributed by atoms with van der Waals surface area (Å²) in [5.74, 6) is 1.48. The molecular weight excluding hydrogens is 731 g/mol. The number of nitrogens with zero attached hydrogens (tertiary/aromatic N) is 4. The standard InChI is InChI=1S/C55H37N5/c1-4-19-36(20-5-1)53-56-54(37-21-6-2-7-22-37)58-55(57-53)43-29-14-17-33-47(43)60-46-32-16-12-27-41(46)50-44(30-18-34-48(50)60)51-40-26-11-10-23-38(40)35-49-52(51)42-28-13-15-31-45(42)59(49)39-24-8-3-9-25-39/h1-35,53H,(H,56,57,58). The molecule has 0 spiro atoms. The van der Waals surface area contributed by atoms with Gasteiger partial charge >= 0.3 is 0 Å². The van der Waals surface area contributed by atoms with Crippen LogP contribution in [0, 0.1) is 0 Å². The molecule has 0 saturated heterocycles. The molecule has 1 unspecified atom stereocenters. The molecule has 0 amide bonds. The third-order valence-electron chi connectivity index (χ3n) is 12.0. The van der Waals surface area contributed by atoms with Gasteiger partial charge in [-0.15, -0.1) is 0 Å². The lowest BCUT2D eigenvalue weighted by molar-refractivity contribution is 0.674. The summed E-state index contributed by atoms with van der Waals surface area (Å²) in [6, 6.07) is 75.7. The Bertz CT molecular complexity index is 3500. The molecule has 0 bridgehead atoms. The van der Waals surface area contributed by atoms with E-state index in [2.05, 4.69) is 215 Å². The number of rotatable bonds is 6. The highest BCUT2D eigenvalue weighted by molar-refractivity contribution is 6.28. The van der Waals surface area contributed by atoms with Crippen molar-refractivity contribution in [1.29, 1.82) is 0 Å². The minimum absolute atomic E-state index is 0.307. The minimum atomic E-state index is -0.307. The van der Waals surface area contributed by atoms with Gasteiger partial charge in [0.2, 0.25) is 0 Å². The average molecular weight is 768 g/mol. The molecule has 1 aliphatic rings. The quantitative estimate of drug-likeness (QED) is 0.180. The molecule has 5 heteroatoms. The molecule has 0 aliphatic carbocycles. The number of benzene rings is 9. The second-order valence-corrected chi connectivity index (χ2v) is 15.4. The van der Waals surface area contributed by atoms with Gasteiger partial charge in [-0.05, 0) is 70.4 Å². The Morgan fingerprint density at radius 3 is 1.80 bits per heavy atom. The Balaban J connectivity index is 1.15. The van der Waals surface area contributed by atoms with Crippen LogP contribution in [0.4, 0.5) is 0 Å². The summed E-state index contributed by atoms with van der Waals surface area (Å²) in [7, 11) is 0. The van der Waals surface area contributed by atoms with E-state index in [-0.39, 0.29) is 6.17 Å². The zero-order valence-electron chi connectivity index (χ0n) is 32.6. The SMILES string of the molecule is c1ccc(C2=NC(c3ccccc3-n3c4ccccc4c4c(-c5c6ccccc6cc6c5c5ccccc5n6-c5ccccc5)cccc43)=NC(c3ccccc3)N2)cc1. The van der Waals surface area contributed by atoms with Crippen molar-refractivity contribution in [3.63, 3.8) is 0 Å². The second-order valence-electron chi connectivity index (χ2n) is 15.4. The highest BCUT2D eigenvalue weighted by Gasteiger charge is 2.26. The van der Waals surface area contributed by atoms with Gasteiger partial charge in [-0.2, -0.15) is 0 Å². The summed E-state index contributed by atoms with van der Waals surface area (Å²) >= 11 is 0. The molecule has 0 fully saturated rings. The van der Waals surface area contributed by atoms with Crippen molar-refractivity contribution in [2.45, 2.75) is 6.17 Å². The van der Waals surface area contributed by atoms with Crippen molar-refractivity contribution < 1.29 is 0 Å². The lowest BCUT2D eigenvalue weighted by atomic mass is 9.90. The van der Waals surface area contributed by atoms with E-state index in [0.29, 0.717) is 5.84 Å². The zero-order chi connectivity index (χ0) is 39.6. The third kappa shape index (κ3) is 5.33. The highest BCUT2D eigenvalue weighted by atomic mass is 15.2. The van der Waals surface area contributed by atoms with Gasteiger partial charge in [0.15, 0.2) is 5.84 Å². The summed E-state index contributed by atoms with van der Waals surface area (Å²) in [5, 5.41) is 10.9. The Kier molecular flexibility index (Phi) is 7.85. The first-order valence-corrected chi connectivity index (χ1v) is 20.5. The predicted molar refractivity (Wildman–Crippen MR) is 250 cm³/mol. The molecule has 1 aliphatic heterocycles. The number of aliphatic imine (C=N–C) groups is 2. The fourth-order valence-electron chi connectivity index (χ4n) is 9.39. The molecule has 2 aromatic heterocycles. The number of hydrogen-bond donors (Lipinski definition) is 1. The molecule has 60 heavy (non-hydrogen) atoms. The van der Waals surface area contributed by atoms with E-state index in [1.165, 1.54) is 54.5 Å². The van der Waals surface area contributed by atoms with Crippen molar-refractivity contribution in [2.75, 3.05) is 0 Å². The van der Waals surface area contributed by atoms with Crippen LogP contribution >= 0.6 is 0 Å². The van der Waals surface area contributed by atoms with Crippen molar-refractivity contribution >= 4 is 66.1 Å². The van der Waals surface area contributed by atoms with Gasteiger partial charge < -0.3 is 14.5 Å². The highest BCUT2D eigenvalue weighted by Crippen LogP contribution is 2.47. The molecule has 0 radical (unpaired) electrons. The normalized spacial score (nSPS) is 14.2. The van der Waals surface area contributed by atoms with Crippen molar-refractivity contribution in [3.05, 3.63) is 229 Å². The van der Waals surface area contributed by atoms with Gasteiger partial charge in [-0.1, -0.05) is 164 Å². The van der Waals surface area contributed by atoms with Gasteiger partial charge in [-0.25, -0.2) is 9.98 Å². The lowest BCUT2D eigenvalue weighted by Crippen LogP contribution is -2.33. The Hall–Kier alpha value is -8.02. The van der Waals surface area contributed by atoms with Crippen molar-refractivity contribution in [3.8, 4) is 22.5 Å². The largest absolute Gasteiger partial charge is 0.344 e. The van der Waals surface area contributed by atoms with E-state index in [9.17, 15) is 0 Å². The molecular formula is C55H37N5. The maximum Gasteiger partial charge on any atom is 0.161 e. The second kappa shape index (κ2) is 13.8. The van der Waals surface area contributed by atoms with Crippen LogP contribution in [-0.2, 0) is 0 Å². The molecule has 9 aromatic carbocycles. The van der Waals surface area contributed by atoms with Gasteiger partial charge in [-0.3, -0.25) is 0 Å². The fraction of sp³-hybridized carbons (Fsp3) is 0.0182. The number of fused-ring (bicyclic) bond motifs is 7. The Labute approximate surface area is 346 Å².